The van der Waals surface area contributed by atoms with Crippen molar-refractivity contribution in [2.45, 2.75) is 39.3 Å². The molecule has 0 aliphatic carbocycles. The molecule has 3 N–H and O–H groups in total. The van der Waals surface area contributed by atoms with Crippen LogP contribution in [0.25, 0.3) is 0 Å². The molecule has 0 fully saturated rings. The molecule has 0 aliphatic rings. The van der Waals surface area contributed by atoms with Crippen LogP contribution in [0.2, 0.25) is 0 Å². The van der Waals surface area contributed by atoms with Crippen LogP contribution in [-0.4, -0.2) is 37.9 Å². The van der Waals surface area contributed by atoms with Crippen LogP contribution in [0.1, 0.15) is 27.2 Å². The van der Waals surface area contributed by atoms with Gasteiger partial charge in [0.05, 0.1) is 6.10 Å². The van der Waals surface area contributed by atoms with Crippen LogP contribution in [0, 0.1) is 0 Å². The lowest BCUT2D eigenvalue weighted by Gasteiger charge is -2.02. The number of rotatable bonds is 4. The summed E-state index contributed by atoms with van der Waals surface area (Å²) in [6.07, 6.45) is 1.01. The minimum atomic E-state index is -0.213. The van der Waals surface area contributed by atoms with Gasteiger partial charge in [0.2, 0.25) is 0 Å². The normalized spacial score (nSPS) is 14.5. The fourth-order valence-corrected chi connectivity index (χ4v) is 0.500. The molecule has 2 atom stereocenters. The zero-order chi connectivity index (χ0) is 9.98. The van der Waals surface area contributed by atoms with E-state index in [1.165, 1.54) is 6.42 Å². The minimum absolute atomic E-state index is 0.213. The summed E-state index contributed by atoms with van der Waals surface area (Å²) in [5.74, 6) is 0. The molecule has 0 aromatic rings. The first-order valence-electron chi connectivity index (χ1n) is 4.58. The van der Waals surface area contributed by atoms with E-state index in [-0.39, 0.29) is 6.10 Å². The van der Waals surface area contributed by atoms with Crippen molar-refractivity contribution < 1.29 is 5.11 Å². The van der Waals surface area contributed by atoms with Crippen LogP contribution in [0.3, 0.4) is 0 Å². The van der Waals surface area contributed by atoms with Crippen molar-refractivity contribution >= 4 is 0 Å². The van der Waals surface area contributed by atoms with Crippen molar-refractivity contribution in [3.8, 4) is 0 Å². The molecular weight excluding hydrogens is 152 g/mol. The van der Waals surface area contributed by atoms with Gasteiger partial charge in [-0.2, -0.15) is 0 Å². The average molecular weight is 176 g/mol. The summed E-state index contributed by atoms with van der Waals surface area (Å²) in [7, 11) is 3.79. The lowest BCUT2D eigenvalue weighted by atomic mass is 10.3. The number of nitrogens with one attached hydrogen (secondary N) is 2. The SMILES string of the molecule is CCC(C)NC.CNCC(C)O. The van der Waals surface area contributed by atoms with E-state index in [0.29, 0.717) is 12.6 Å². The molecule has 3 nitrogen and oxygen atoms in total. The standard InChI is InChI=1S/C5H13N.C4H11NO/c1-4-5(2)6-3;1-4(6)3-5-2/h5-6H,4H2,1-3H3;4-6H,3H2,1-2H3. The Morgan fingerprint density at radius 2 is 1.75 bits per heavy atom. The third-order valence-electron chi connectivity index (χ3n) is 1.60. The number of hydrogen-bond donors (Lipinski definition) is 3. The van der Waals surface area contributed by atoms with Gasteiger partial charge in [-0.15, -0.1) is 0 Å². The second kappa shape index (κ2) is 10.9. The molecule has 12 heavy (non-hydrogen) atoms. The average Bonchev–Trinajstić information content (AvgIpc) is 2.04. The molecule has 0 spiro atoms. The van der Waals surface area contributed by atoms with Crippen LogP contribution in [0.4, 0.5) is 0 Å². The third-order valence-corrected chi connectivity index (χ3v) is 1.60. The summed E-state index contributed by atoms with van der Waals surface area (Å²) in [5, 5.41) is 14.4. The van der Waals surface area contributed by atoms with Crippen LogP contribution >= 0.6 is 0 Å². The summed E-state index contributed by atoms with van der Waals surface area (Å²) >= 11 is 0. The highest BCUT2D eigenvalue weighted by molar-refractivity contribution is 4.49. The van der Waals surface area contributed by atoms with Crippen molar-refractivity contribution in [2.24, 2.45) is 0 Å². The van der Waals surface area contributed by atoms with E-state index < -0.39 is 0 Å². The van der Waals surface area contributed by atoms with E-state index in [4.69, 9.17) is 5.11 Å². The molecule has 0 aromatic heterocycles. The van der Waals surface area contributed by atoms with Gasteiger partial charge in [0.25, 0.3) is 0 Å². The number of likely N-dealkylation sites (N-methyl/N-ethyl adjacent to an activating group) is 1. The summed E-state index contributed by atoms with van der Waals surface area (Å²) in [6.45, 7) is 6.76. The second-order valence-corrected chi connectivity index (χ2v) is 3.00. The third kappa shape index (κ3) is 16.5. The maximum absolute atomic E-state index is 8.49. The van der Waals surface area contributed by atoms with Crippen molar-refractivity contribution in [3.05, 3.63) is 0 Å². The molecule has 0 rings (SSSR count). The highest BCUT2D eigenvalue weighted by atomic mass is 16.3. The first-order valence-corrected chi connectivity index (χ1v) is 4.58. The topological polar surface area (TPSA) is 44.3 Å². The van der Waals surface area contributed by atoms with Gasteiger partial charge in [0, 0.05) is 12.6 Å². The monoisotopic (exact) mass is 176 g/mol. The van der Waals surface area contributed by atoms with Gasteiger partial charge in [0.1, 0.15) is 0 Å². The Kier molecular flexibility index (Phi) is 13.1. The molecule has 0 saturated carbocycles. The van der Waals surface area contributed by atoms with Gasteiger partial charge in [-0.1, -0.05) is 6.92 Å². The van der Waals surface area contributed by atoms with E-state index in [1.54, 1.807) is 6.92 Å². The lowest BCUT2D eigenvalue weighted by molar-refractivity contribution is 0.194. The van der Waals surface area contributed by atoms with Gasteiger partial charge in [-0.3, -0.25) is 0 Å². The minimum Gasteiger partial charge on any atom is -0.392 e. The molecule has 0 saturated heterocycles. The van der Waals surface area contributed by atoms with Crippen LogP contribution in [0.5, 0.6) is 0 Å². The quantitative estimate of drug-likeness (QED) is 0.587. The van der Waals surface area contributed by atoms with Gasteiger partial charge in [0.15, 0.2) is 0 Å². The second-order valence-electron chi connectivity index (χ2n) is 3.00. The van der Waals surface area contributed by atoms with E-state index in [9.17, 15) is 0 Å². The largest absolute Gasteiger partial charge is 0.392 e. The van der Waals surface area contributed by atoms with Crippen LogP contribution in [0.15, 0.2) is 0 Å². The van der Waals surface area contributed by atoms with E-state index >= 15 is 0 Å². The molecule has 0 radical (unpaired) electrons. The summed E-state index contributed by atoms with van der Waals surface area (Å²) in [6, 6.07) is 0.685. The zero-order valence-electron chi connectivity index (χ0n) is 9.02. The summed E-state index contributed by atoms with van der Waals surface area (Å²) in [5.41, 5.74) is 0. The van der Waals surface area contributed by atoms with E-state index in [0.717, 1.165) is 0 Å². The Hall–Kier alpha value is -0.120. The van der Waals surface area contributed by atoms with Gasteiger partial charge >= 0.3 is 0 Å². The molecule has 3 heteroatoms. The molecule has 0 heterocycles. The van der Waals surface area contributed by atoms with Crippen molar-refractivity contribution in [3.63, 3.8) is 0 Å². The molecule has 2 unspecified atom stereocenters. The van der Waals surface area contributed by atoms with Gasteiger partial charge in [-0.05, 0) is 34.4 Å². The maximum Gasteiger partial charge on any atom is 0.0636 e. The van der Waals surface area contributed by atoms with Gasteiger partial charge < -0.3 is 15.7 Å². The molecular formula is C9H24N2O. The Morgan fingerprint density at radius 1 is 1.25 bits per heavy atom. The smallest absolute Gasteiger partial charge is 0.0636 e. The van der Waals surface area contributed by atoms with Crippen LogP contribution in [-0.2, 0) is 0 Å². The van der Waals surface area contributed by atoms with E-state index in [2.05, 4.69) is 24.5 Å². The Balaban J connectivity index is 0. The van der Waals surface area contributed by atoms with E-state index in [1.807, 2.05) is 14.1 Å². The fourth-order valence-electron chi connectivity index (χ4n) is 0.500. The molecule has 0 bridgehead atoms. The molecule has 76 valence electrons. The predicted octanol–water partition coefficient (Wildman–Crippen LogP) is 0.591. The molecule has 0 aliphatic heterocycles. The van der Waals surface area contributed by atoms with Gasteiger partial charge in [-0.25, -0.2) is 0 Å². The highest BCUT2D eigenvalue weighted by Crippen LogP contribution is 1.82. The summed E-state index contributed by atoms with van der Waals surface area (Å²) in [4.78, 5) is 0. The Labute approximate surface area is 76.6 Å². The van der Waals surface area contributed by atoms with Crippen LogP contribution < -0.4 is 10.6 Å². The number of aliphatic hydroxyl groups excluding tert-OH is 1. The number of aliphatic hydroxyl groups is 1. The maximum atomic E-state index is 8.49. The summed E-state index contributed by atoms with van der Waals surface area (Å²) < 4.78 is 0. The zero-order valence-corrected chi connectivity index (χ0v) is 9.02. The first-order chi connectivity index (χ1) is 5.58. The molecule has 0 amide bonds. The Bertz CT molecular complexity index is 72.9. The molecule has 0 aromatic carbocycles. The van der Waals surface area contributed by atoms with Crippen molar-refractivity contribution in [2.75, 3.05) is 20.6 Å². The fraction of sp³-hybridized carbons (Fsp3) is 1.00. The lowest BCUT2D eigenvalue weighted by Crippen LogP contribution is -2.19. The predicted molar refractivity (Wildman–Crippen MR) is 54.4 cm³/mol. The Morgan fingerprint density at radius 3 is 1.75 bits per heavy atom. The van der Waals surface area contributed by atoms with Crippen molar-refractivity contribution in [1.82, 2.24) is 10.6 Å². The number of hydrogen-bond acceptors (Lipinski definition) is 3. The first kappa shape index (κ1) is 14.4. The van der Waals surface area contributed by atoms with Crippen molar-refractivity contribution in [1.29, 1.82) is 0 Å². The highest BCUT2D eigenvalue weighted by Gasteiger charge is 1.87.